The third-order valence-corrected chi connectivity index (χ3v) is 7.75. The number of rotatable bonds is 11. The molecule has 3 aromatic rings. The number of amides is 1. The van der Waals surface area contributed by atoms with Crippen LogP contribution in [0.25, 0.3) is 22.4 Å². The van der Waals surface area contributed by atoms with Crippen molar-refractivity contribution in [1.82, 2.24) is 10.3 Å². The van der Waals surface area contributed by atoms with Gasteiger partial charge in [-0.1, -0.05) is 29.8 Å². The number of nitrogens with zero attached hydrogens (tertiary/aromatic N) is 2. The number of hydrogen-bond donors (Lipinski definition) is 3. The second kappa shape index (κ2) is 10.5. The first-order chi connectivity index (χ1) is 17.5. The van der Waals surface area contributed by atoms with Crippen LogP contribution < -0.4 is 9.62 Å². The van der Waals surface area contributed by atoms with E-state index in [1.807, 2.05) is 31.2 Å². The first kappa shape index (κ1) is 26.6. The zero-order valence-electron chi connectivity index (χ0n) is 21.0. The molecule has 0 radical (unpaired) electrons. The van der Waals surface area contributed by atoms with Gasteiger partial charge in [0.25, 0.3) is 5.91 Å². The third kappa shape index (κ3) is 5.62. The molecule has 1 fully saturated rings. The highest BCUT2D eigenvalue weighted by Gasteiger charge is 2.34. The van der Waals surface area contributed by atoms with E-state index in [1.165, 1.54) is 11.4 Å². The van der Waals surface area contributed by atoms with Gasteiger partial charge in [-0.15, -0.1) is 0 Å². The number of aryl methyl sites for hydroxylation is 1. The molecular formula is C26H31N3O7S. The van der Waals surface area contributed by atoms with E-state index in [0.717, 1.165) is 24.7 Å². The van der Waals surface area contributed by atoms with Crippen LogP contribution in [0.4, 0.5) is 5.82 Å². The molecule has 3 N–H and O–H groups in total. The van der Waals surface area contributed by atoms with Crippen molar-refractivity contribution >= 4 is 38.8 Å². The summed E-state index contributed by atoms with van der Waals surface area (Å²) in [5.41, 5.74) is 2.92. The molecule has 1 aromatic carbocycles. The fourth-order valence-electron chi connectivity index (χ4n) is 4.39. The molecular weight excluding hydrogens is 498 g/mol. The van der Waals surface area contributed by atoms with Crippen molar-refractivity contribution in [3.8, 4) is 11.3 Å². The van der Waals surface area contributed by atoms with Gasteiger partial charge in [-0.25, -0.2) is 8.42 Å². The first-order valence-corrected chi connectivity index (χ1v) is 14.0. The average Bonchev–Trinajstić information content (AvgIpc) is 3.63. The Hall–Kier alpha value is -3.44. The summed E-state index contributed by atoms with van der Waals surface area (Å²) in [6.45, 7) is 1.42. The van der Waals surface area contributed by atoms with Gasteiger partial charge in [0.1, 0.15) is 11.6 Å². The number of furan rings is 1. The van der Waals surface area contributed by atoms with Gasteiger partial charge in [0.2, 0.25) is 15.7 Å². The normalized spacial score (nSPS) is 14.5. The van der Waals surface area contributed by atoms with Gasteiger partial charge in [-0.05, 0) is 50.2 Å². The predicted molar refractivity (Wildman–Crippen MR) is 139 cm³/mol. The lowest BCUT2D eigenvalue weighted by Crippen LogP contribution is -2.33. The summed E-state index contributed by atoms with van der Waals surface area (Å²) in [5.74, 6) is -1.78. The van der Waals surface area contributed by atoms with E-state index in [4.69, 9.17) is 4.42 Å². The van der Waals surface area contributed by atoms with E-state index >= 15 is 0 Å². The van der Waals surface area contributed by atoms with Crippen LogP contribution in [0.5, 0.6) is 0 Å². The lowest BCUT2D eigenvalue weighted by molar-refractivity contribution is -0.143. The molecule has 37 heavy (non-hydrogen) atoms. The van der Waals surface area contributed by atoms with E-state index in [-0.39, 0.29) is 42.7 Å². The summed E-state index contributed by atoms with van der Waals surface area (Å²) in [5, 5.41) is 21.7. The van der Waals surface area contributed by atoms with Gasteiger partial charge >= 0.3 is 5.97 Å². The van der Waals surface area contributed by atoms with Crippen LogP contribution in [0, 0.1) is 12.8 Å². The number of carboxylic acid groups (broad SMARTS) is 1. The number of aliphatic carboxylic acids is 1. The van der Waals surface area contributed by atoms with E-state index in [0.29, 0.717) is 27.8 Å². The molecule has 1 saturated carbocycles. The molecule has 10 nitrogen and oxygen atoms in total. The Kier molecular flexibility index (Phi) is 7.56. The highest BCUT2D eigenvalue weighted by atomic mass is 32.2. The Morgan fingerprint density at radius 3 is 2.46 bits per heavy atom. The molecule has 2 aromatic heterocycles. The lowest BCUT2D eigenvalue weighted by Gasteiger charge is -2.24. The summed E-state index contributed by atoms with van der Waals surface area (Å²) in [4.78, 5) is 28.8. The summed E-state index contributed by atoms with van der Waals surface area (Å²) in [7, 11) is -2.25. The molecule has 4 rings (SSSR count). The molecule has 1 aliphatic rings. The van der Waals surface area contributed by atoms with Crippen LogP contribution in [0.3, 0.4) is 0 Å². The van der Waals surface area contributed by atoms with Crippen molar-refractivity contribution in [1.29, 1.82) is 0 Å². The molecule has 1 aliphatic carbocycles. The Labute approximate surface area is 215 Å². The van der Waals surface area contributed by atoms with Crippen LogP contribution in [-0.2, 0) is 14.8 Å². The maximum absolute atomic E-state index is 12.9. The number of carboxylic acids is 1. The van der Waals surface area contributed by atoms with Crippen molar-refractivity contribution in [3.63, 3.8) is 0 Å². The van der Waals surface area contributed by atoms with Gasteiger partial charge in [-0.3, -0.25) is 13.9 Å². The summed E-state index contributed by atoms with van der Waals surface area (Å²) in [6.07, 6.45) is 3.12. The van der Waals surface area contributed by atoms with Gasteiger partial charge in [0.05, 0.1) is 29.7 Å². The number of carbonyl (C=O) groups excluding carboxylic acids is 1. The summed E-state index contributed by atoms with van der Waals surface area (Å²) in [6, 6.07) is 9.32. The Balaban J connectivity index is 1.84. The molecule has 1 amide bonds. The topological polar surface area (TPSA) is 150 Å². The van der Waals surface area contributed by atoms with Crippen molar-refractivity contribution in [2.24, 2.45) is 5.92 Å². The molecule has 198 valence electrons. The van der Waals surface area contributed by atoms with E-state index in [2.05, 4.69) is 10.3 Å². The molecule has 11 heteroatoms. The zero-order valence-corrected chi connectivity index (χ0v) is 21.8. The number of pyridine rings is 1. The van der Waals surface area contributed by atoms with Gasteiger partial charge in [-0.2, -0.15) is 4.98 Å². The van der Waals surface area contributed by atoms with Gasteiger partial charge in [0, 0.05) is 19.2 Å². The second-order valence-corrected chi connectivity index (χ2v) is 11.4. The number of aliphatic hydroxyl groups excluding tert-OH is 1. The minimum atomic E-state index is -3.78. The molecule has 2 heterocycles. The zero-order chi connectivity index (χ0) is 26.9. The van der Waals surface area contributed by atoms with Gasteiger partial charge < -0.3 is 19.9 Å². The number of anilines is 1. The Bertz CT molecular complexity index is 1430. The van der Waals surface area contributed by atoms with Crippen molar-refractivity contribution < 1.29 is 32.6 Å². The van der Waals surface area contributed by atoms with Crippen LogP contribution in [0.1, 0.15) is 53.1 Å². The smallest absolute Gasteiger partial charge is 0.308 e. The predicted octanol–water partition coefficient (Wildman–Crippen LogP) is 3.28. The fourth-order valence-corrected chi connectivity index (χ4v) is 5.31. The largest absolute Gasteiger partial charge is 0.481 e. The van der Waals surface area contributed by atoms with E-state index < -0.39 is 28.5 Å². The number of sulfonamides is 1. The highest BCUT2D eigenvalue weighted by molar-refractivity contribution is 7.92. The fraction of sp³-hybridized carbons (Fsp3) is 0.423. The quantitative estimate of drug-likeness (QED) is 0.342. The molecule has 0 bridgehead atoms. The average molecular weight is 530 g/mol. The summed E-state index contributed by atoms with van der Waals surface area (Å²) < 4.78 is 33.0. The SMILES string of the molecule is CNC(=O)c1c(-c2ccc(C)cc2)oc2nc(N(CCC[C@H](CO)C(=O)O)S(C)(=O)=O)c(C3CC3)cc12. The maximum atomic E-state index is 12.9. The van der Waals surface area contributed by atoms with Crippen LogP contribution >= 0.6 is 0 Å². The number of fused-ring (bicyclic) bond motifs is 1. The number of carbonyl (C=O) groups is 2. The number of aromatic nitrogens is 1. The Morgan fingerprint density at radius 1 is 1.24 bits per heavy atom. The maximum Gasteiger partial charge on any atom is 0.308 e. The number of hydrogen-bond acceptors (Lipinski definition) is 7. The molecule has 0 aliphatic heterocycles. The van der Waals surface area contributed by atoms with Crippen LogP contribution in [-0.4, -0.2) is 61.9 Å². The molecule has 0 unspecified atom stereocenters. The number of nitrogens with one attached hydrogen (secondary N) is 1. The van der Waals surface area contributed by atoms with Crippen molar-refractivity contribution in [3.05, 3.63) is 47.0 Å². The first-order valence-electron chi connectivity index (χ1n) is 12.1. The number of aliphatic hydroxyl groups is 1. The molecule has 0 saturated heterocycles. The highest BCUT2D eigenvalue weighted by Crippen LogP contribution is 2.46. The molecule has 0 spiro atoms. The molecule has 1 atom stereocenters. The third-order valence-electron chi connectivity index (χ3n) is 6.60. The minimum Gasteiger partial charge on any atom is -0.481 e. The monoisotopic (exact) mass is 529 g/mol. The second-order valence-electron chi connectivity index (χ2n) is 9.47. The van der Waals surface area contributed by atoms with Crippen molar-refractivity contribution in [2.45, 2.75) is 38.5 Å². The number of benzene rings is 1. The van der Waals surface area contributed by atoms with Crippen molar-refractivity contribution in [2.75, 3.05) is 30.8 Å². The lowest BCUT2D eigenvalue weighted by atomic mass is 10.0. The minimum absolute atomic E-state index is 0.00529. The van der Waals surface area contributed by atoms with Crippen LogP contribution in [0.2, 0.25) is 0 Å². The Morgan fingerprint density at radius 2 is 1.92 bits per heavy atom. The van der Waals surface area contributed by atoms with E-state index in [1.54, 1.807) is 6.07 Å². The summed E-state index contributed by atoms with van der Waals surface area (Å²) >= 11 is 0. The van der Waals surface area contributed by atoms with Gasteiger partial charge in [0.15, 0.2) is 0 Å². The standard InChI is InChI=1S/C26H31N3O7S/c1-15-6-8-17(9-7-15)22-21(24(31)27-2)20-13-19(16-10-11-16)23(28-25(20)36-22)29(37(3,34)35)12-4-5-18(14-30)26(32)33/h6-9,13,16,18,30H,4-5,10-12,14H2,1-3H3,(H,27,31)(H,32,33)/t18-/m1/s1. The van der Waals surface area contributed by atoms with Crippen LogP contribution in [0.15, 0.2) is 34.7 Å². The van der Waals surface area contributed by atoms with E-state index in [9.17, 15) is 28.2 Å².